The predicted molar refractivity (Wildman–Crippen MR) is 97.6 cm³/mol. The predicted octanol–water partition coefficient (Wildman–Crippen LogP) is 4.30. The van der Waals surface area contributed by atoms with E-state index in [4.69, 9.17) is 27.9 Å². The number of benzene rings is 2. The molecule has 0 unspecified atom stereocenters. The smallest absolute Gasteiger partial charge is 0.242 e. The van der Waals surface area contributed by atoms with Crippen LogP contribution >= 0.6 is 23.2 Å². The lowest BCUT2D eigenvalue weighted by molar-refractivity contribution is 0.414. The molecular weight excluding hydrogens is 369 g/mol. The summed E-state index contributed by atoms with van der Waals surface area (Å²) < 4.78 is 32.7. The van der Waals surface area contributed by atoms with Gasteiger partial charge in [0.15, 0.2) is 0 Å². The van der Waals surface area contributed by atoms with Crippen LogP contribution in [0.1, 0.15) is 18.9 Å². The summed E-state index contributed by atoms with van der Waals surface area (Å²) in [6.45, 7) is 1.82. The highest BCUT2D eigenvalue weighted by Gasteiger charge is 2.23. The maximum atomic E-state index is 12.5. The van der Waals surface area contributed by atoms with Gasteiger partial charge in [-0.1, -0.05) is 53.5 Å². The van der Waals surface area contributed by atoms with Crippen LogP contribution in [-0.4, -0.2) is 21.6 Å². The molecule has 1 N–H and O–H groups in total. The number of aryl methyl sites for hydroxylation is 1. The van der Waals surface area contributed by atoms with E-state index in [1.165, 1.54) is 19.2 Å². The molecule has 0 saturated heterocycles. The largest absolute Gasteiger partial charge is 0.495 e. The second-order valence-electron chi connectivity index (χ2n) is 5.44. The molecule has 0 aliphatic heterocycles. The van der Waals surface area contributed by atoms with Gasteiger partial charge in [-0.2, -0.15) is 0 Å². The van der Waals surface area contributed by atoms with Gasteiger partial charge in [0.2, 0.25) is 10.0 Å². The van der Waals surface area contributed by atoms with E-state index in [9.17, 15) is 8.42 Å². The molecule has 24 heavy (non-hydrogen) atoms. The van der Waals surface area contributed by atoms with E-state index in [0.717, 1.165) is 12.0 Å². The maximum absolute atomic E-state index is 12.5. The van der Waals surface area contributed by atoms with Crippen molar-refractivity contribution in [2.24, 2.45) is 0 Å². The van der Waals surface area contributed by atoms with E-state index < -0.39 is 10.0 Å². The van der Waals surface area contributed by atoms with Gasteiger partial charge in [-0.3, -0.25) is 0 Å². The van der Waals surface area contributed by atoms with Gasteiger partial charge >= 0.3 is 0 Å². The Hall–Kier alpha value is -1.27. The van der Waals surface area contributed by atoms with Crippen LogP contribution in [0.2, 0.25) is 10.0 Å². The Morgan fingerprint density at radius 1 is 1.08 bits per heavy atom. The molecule has 4 nitrogen and oxygen atoms in total. The van der Waals surface area contributed by atoms with Crippen molar-refractivity contribution in [1.82, 2.24) is 4.72 Å². The average molecular weight is 388 g/mol. The Morgan fingerprint density at radius 3 is 2.38 bits per heavy atom. The summed E-state index contributed by atoms with van der Waals surface area (Å²) in [5.41, 5.74) is 1.16. The lowest BCUT2D eigenvalue weighted by Crippen LogP contribution is -2.33. The molecule has 0 fully saturated rings. The lowest BCUT2D eigenvalue weighted by Gasteiger charge is -2.16. The van der Waals surface area contributed by atoms with Crippen molar-refractivity contribution in [2.45, 2.75) is 30.7 Å². The van der Waals surface area contributed by atoms with Gasteiger partial charge in [0.1, 0.15) is 15.7 Å². The van der Waals surface area contributed by atoms with E-state index in [0.29, 0.717) is 12.2 Å². The Kier molecular flexibility index (Phi) is 6.52. The molecular formula is C17H19Cl2NO3S. The molecule has 0 heterocycles. The number of rotatable bonds is 7. The zero-order valence-corrected chi connectivity index (χ0v) is 15.8. The van der Waals surface area contributed by atoms with Crippen LogP contribution < -0.4 is 9.46 Å². The highest BCUT2D eigenvalue weighted by molar-refractivity contribution is 7.89. The molecule has 2 aromatic carbocycles. The third kappa shape index (κ3) is 4.63. The number of hydrogen-bond donors (Lipinski definition) is 1. The summed E-state index contributed by atoms with van der Waals surface area (Å²) in [6, 6.07) is 12.5. The number of halogens is 2. The number of nitrogens with one attached hydrogen (secondary N) is 1. The van der Waals surface area contributed by atoms with Crippen molar-refractivity contribution >= 4 is 33.2 Å². The molecule has 7 heteroatoms. The summed E-state index contributed by atoms with van der Waals surface area (Å²) in [7, 11) is -2.32. The molecule has 0 bridgehead atoms. The third-order valence-electron chi connectivity index (χ3n) is 3.59. The number of hydrogen-bond acceptors (Lipinski definition) is 3. The first-order valence-electron chi connectivity index (χ1n) is 7.43. The third-order valence-corrected chi connectivity index (χ3v) is 6.19. The summed E-state index contributed by atoms with van der Waals surface area (Å²) in [4.78, 5) is -0.0541. The van der Waals surface area contributed by atoms with E-state index >= 15 is 0 Å². The average Bonchev–Trinajstić information content (AvgIpc) is 2.55. The summed E-state index contributed by atoms with van der Waals surface area (Å²) in [5, 5.41) is 0.0396. The van der Waals surface area contributed by atoms with E-state index in [-0.39, 0.29) is 21.0 Å². The molecule has 1 atom stereocenters. The van der Waals surface area contributed by atoms with E-state index in [1.54, 1.807) is 0 Å². The van der Waals surface area contributed by atoms with Gasteiger partial charge in [-0.15, -0.1) is 0 Å². The summed E-state index contributed by atoms with van der Waals surface area (Å²) in [5.74, 6) is 0.331. The molecule has 0 aliphatic rings. The molecule has 0 aromatic heterocycles. The van der Waals surface area contributed by atoms with Crippen LogP contribution in [0.3, 0.4) is 0 Å². The number of sulfonamides is 1. The zero-order valence-electron chi connectivity index (χ0n) is 13.4. The topological polar surface area (TPSA) is 55.4 Å². The fourth-order valence-electron chi connectivity index (χ4n) is 2.29. The standard InChI is InChI=1S/C17H19Cl2NO3S/c1-12(8-9-13-6-4-3-5-7-13)20-24(21,22)15-11-10-14(23-2)16(18)17(15)19/h3-7,10-12,20H,8-9H2,1-2H3/t12-/m0/s1. The maximum Gasteiger partial charge on any atom is 0.242 e. The monoisotopic (exact) mass is 387 g/mol. The molecule has 2 aromatic rings. The highest BCUT2D eigenvalue weighted by atomic mass is 35.5. The molecule has 0 amide bonds. The highest BCUT2D eigenvalue weighted by Crippen LogP contribution is 2.36. The van der Waals surface area contributed by atoms with Gasteiger partial charge in [0.05, 0.1) is 12.1 Å². The fourth-order valence-corrected chi connectivity index (χ4v) is 4.41. The van der Waals surface area contributed by atoms with Crippen LogP contribution in [0, 0.1) is 0 Å². The molecule has 2 rings (SSSR count). The minimum Gasteiger partial charge on any atom is -0.495 e. The van der Waals surface area contributed by atoms with Crippen molar-refractivity contribution in [1.29, 1.82) is 0 Å². The molecule has 0 spiro atoms. The van der Waals surface area contributed by atoms with Crippen molar-refractivity contribution < 1.29 is 13.2 Å². The van der Waals surface area contributed by atoms with Crippen molar-refractivity contribution in [2.75, 3.05) is 7.11 Å². The molecule has 130 valence electrons. The van der Waals surface area contributed by atoms with Gasteiger partial charge in [0, 0.05) is 6.04 Å². The second kappa shape index (κ2) is 8.21. The van der Waals surface area contributed by atoms with Crippen molar-refractivity contribution in [3.63, 3.8) is 0 Å². The minimum atomic E-state index is -3.76. The van der Waals surface area contributed by atoms with Crippen molar-refractivity contribution in [3.05, 3.63) is 58.1 Å². The summed E-state index contributed by atoms with van der Waals surface area (Å²) in [6.07, 6.45) is 1.45. The van der Waals surface area contributed by atoms with Gasteiger partial charge in [-0.25, -0.2) is 13.1 Å². The van der Waals surface area contributed by atoms with Crippen LogP contribution in [0.15, 0.2) is 47.4 Å². The van der Waals surface area contributed by atoms with Gasteiger partial charge < -0.3 is 4.74 Å². The van der Waals surface area contributed by atoms with Crippen LogP contribution in [-0.2, 0) is 16.4 Å². The zero-order chi connectivity index (χ0) is 17.7. The number of methoxy groups -OCH3 is 1. The molecule has 0 aliphatic carbocycles. The van der Waals surface area contributed by atoms with Crippen LogP contribution in [0.5, 0.6) is 5.75 Å². The molecule has 0 radical (unpaired) electrons. The van der Waals surface area contributed by atoms with Crippen LogP contribution in [0.4, 0.5) is 0 Å². The summed E-state index contributed by atoms with van der Waals surface area (Å²) >= 11 is 12.1. The van der Waals surface area contributed by atoms with Crippen molar-refractivity contribution in [3.8, 4) is 5.75 Å². The minimum absolute atomic E-state index is 0.0428. The SMILES string of the molecule is COc1ccc(S(=O)(=O)N[C@@H](C)CCc2ccccc2)c(Cl)c1Cl. The fraction of sp³-hybridized carbons (Fsp3) is 0.294. The van der Waals surface area contributed by atoms with E-state index in [1.807, 2.05) is 37.3 Å². The van der Waals surface area contributed by atoms with Crippen LogP contribution in [0.25, 0.3) is 0 Å². The quantitative estimate of drug-likeness (QED) is 0.770. The first-order chi connectivity index (χ1) is 11.3. The normalized spacial score (nSPS) is 12.8. The Morgan fingerprint density at radius 2 is 1.75 bits per heavy atom. The second-order valence-corrected chi connectivity index (χ2v) is 7.88. The van der Waals surface area contributed by atoms with Gasteiger partial charge in [-0.05, 0) is 37.5 Å². The Labute approximate surface area is 152 Å². The first kappa shape index (κ1) is 19.1. The Balaban J connectivity index is 2.09. The van der Waals surface area contributed by atoms with Gasteiger partial charge in [0.25, 0.3) is 0 Å². The number of ether oxygens (including phenoxy) is 1. The van der Waals surface area contributed by atoms with E-state index in [2.05, 4.69) is 4.72 Å². The Bertz CT molecular complexity index is 795. The first-order valence-corrected chi connectivity index (χ1v) is 9.67. The lowest BCUT2D eigenvalue weighted by atomic mass is 10.1. The molecule has 0 saturated carbocycles.